The summed E-state index contributed by atoms with van der Waals surface area (Å²) in [7, 11) is 1.67. The van der Waals surface area contributed by atoms with Crippen molar-refractivity contribution in [1.29, 1.82) is 0 Å². The summed E-state index contributed by atoms with van der Waals surface area (Å²) >= 11 is 6.04. The van der Waals surface area contributed by atoms with E-state index in [1.54, 1.807) is 31.4 Å². The molecule has 0 aliphatic carbocycles. The molecule has 0 saturated carbocycles. The number of ether oxygens (including phenoxy) is 1. The molecule has 2 aromatic carbocycles. The second-order valence-corrected chi connectivity index (χ2v) is 8.39. The number of carbonyl (C=O) groups is 2. The first-order valence-corrected chi connectivity index (χ1v) is 10.8. The van der Waals surface area contributed by atoms with Crippen molar-refractivity contribution in [2.24, 2.45) is 0 Å². The molecule has 2 aliphatic heterocycles. The molecule has 2 aromatic rings. The molecule has 0 bridgehead atoms. The summed E-state index contributed by atoms with van der Waals surface area (Å²) in [5, 5.41) is 0.591. The zero-order valence-corrected chi connectivity index (χ0v) is 18.7. The van der Waals surface area contributed by atoms with Gasteiger partial charge in [-0.1, -0.05) is 35.9 Å². The van der Waals surface area contributed by atoms with Gasteiger partial charge in [-0.3, -0.25) is 14.5 Å². The van der Waals surface area contributed by atoms with E-state index in [9.17, 15) is 9.59 Å². The fourth-order valence-corrected chi connectivity index (χ4v) is 4.36. The number of benzene rings is 2. The number of para-hydroxylation sites is 2. The number of hydrogen-bond acceptors (Lipinski definition) is 5. The first kappa shape index (κ1) is 21.2. The molecule has 0 aromatic heterocycles. The SMILES string of the molecule is COc1ccccc1N1CCN(C2=C(c3ccc(Cl)cc3)C(=O)N(C(C)C)C2=O)CC1. The van der Waals surface area contributed by atoms with Gasteiger partial charge in [0.05, 0.1) is 18.4 Å². The summed E-state index contributed by atoms with van der Waals surface area (Å²) in [6.07, 6.45) is 0. The number of rotatable bonds is 5. The number of amides is 2. The zero-order chi connectivity index (χ0) is 22.1. The monoisotopic (exact) mass is 439 g/mol. The van der Waals surface area contributed by atoms with Gasteiger partial charge in [0, 0.05) is 37.2 Å². The van der Waals surface area contributed by atoms with Crippen molar-refractivity contribution in [2.75, 3.05) is 38.2 Å². The maximum absolute atomic E-state index is 13.3. The van der Waals surface area contributed by atoms with Crippen molar-refractivity contribution in [1.82, 2.24) is 9.80 Å². The Balaban J connectivity index is 1.65. The van der Waals surface area contributed by atoms with Crippen molar-refractivity contribution >= 4 is 34.7 Å². The van der Waals surface area contributed by atoms with Crippen molar-refractivity contribution in [3.63, 3.8) is 0 Å². The number of hydrogen-bond donors (Lipinski definition) is 0. The first-order chi connectivity index (χ1) is 14.9. The van der Waals surface area contributed by atoms with Crippen LogP contribution >= 0.6 is 11.6 Å². The largest absolute Gasteiger partial charge is 0.495 e. The quantitative estimate of drug-likeness (QED) is 0.665. The van der Waals surface area contributed by atoms with Crippen LogP contribution in [0.3, 0.4) is 0 Å². The van der Waals surface area contributed by atoms with E-state index in [0.717, 1.165) is 24.5 Å². The van der Waals surface area contributed by atoms with Gasteiger partial charge in [0.1, 0.15) is 11.4 Å². The third-order valence-corrected chi connectivity index (χ3v) is 6.01. The molecule has 31 heavy (non-hydrogen) atoms. The van der Waals surface area contributed by atoms with E-state index in [0.29, 0.717) is 34.9 Å². The third kappa shape index (κ3) is 3.88. The van der Waals surface area contributed by atoms with E-state index in [1.165, 1.54) is 4.90 Å². The lowest BCUT2D eigenvalue weighted by Crippen LogP contribution is -2.48. The van der Waals surface area contributed by atoms with Gasteiger partial charge >= 0.3 is 0 Å². The van der Waals surface area contributed by atoms with Crippen LogP contribution in [-0.4, -0.2) is 60.9 Å². The van der Waals surface area contributed by atoms with Gasteiger partial charge in [-0.05, 0) is 43.7 Å². The molecule has 0 spiro atoms. The highest BCUT2D eigenvalue weighted by Gasteiger charge is 2.43. The number of halogens is 1. The van der Waals surface area contributed by atoms with E-state index in [-0.39, 0.29) is 17.9 Å². The fourth-order valence-electron chi connectivity index (χ4n) is 4.24. The van der Waals surface area contributed by atoms with Crippen molar-refractivity contribution in [2.45, 2.75) is 19.9 Å². The molecule has 4 rings (SSSR count). The molecular formula is C24H26ClN3O3. The van der Waals surface area contributed by atoms with Crippen molar-refractivity contribution < 1.29 is 14.3 Å². The highest BCUT2D eigenvalue weighted by molar-refractivity contribution is 6.36. The van der Waals surface area contributed by atoms with Gasteiger partial charge in [0.25, 0.3) is 11.8 Å². The molecule has 0 N–H and O–H groups in total. The zero-order valence-electron chi connectivity index (χ0n) is 18.0. The molecule has 7 heteroatoms. The molecule has 6 nitrogen and oxygen atoms in total. The Kier molecular flexibility index (Phi) is 5.92. The molecule has 2 aliphatic rings. The van der Waals surface area contributed by atoms with E-state index >= 15 is 0 Å². The Morgan fingerprint density at radius 1 is 0.871 bits per heavy atom. The molecule has 2 heterocycles. The summed E-state index contributed by atoms with van der Waals surface area (Å²) in [4.78, 5) is 32.2. The lowest BCUT2D eigenvalue weighted by molar-refractivity contribution is -0.139. The molecule has 0 atom stereocenters. The molecule has 0 unspecified atom stereocenters. The van der Waals surface area contributed by atoms with Gasteiger partial charge in [0.2, 0.25) is 0 Å². The van der Waals surface area contributed by atoms with Crippen molar-refractivity contribution in [3.05, 3.63) is 64.8 Å². The Morgan fingerprint density at radius 2 is 1.48 bits per heavy atom. The Labute approximate surface area is 187 Å². The summed E-state index contributed by atoms with van der Waals surface area (Å²) in [6, 6.07) is 14.8. The van der Waals surface area contributed by atoms with Crippen LogP contribution < -0.4 is 9.64 Å². The summed E-state index contributed by atoms with van der Waals surface area (Å²) in [5.74, 6) is 0.357. The number of nitrogens with zero attached hydrogens (tertiary/aromatic N) is 3. The van der Waals surface area contributed by atoms with Crippen LogP contribution in [0, 0.1) is 0 Å². The molecule has 162 valence electrons. The van der Waals surface area contributed by atoms with Crippen molar-refractivity contribution in [3.8, 4) is 5.75 Å². The third-order valence-electron chi connectivity index (χ3n) is 5.76. The van der Waals surface area contributed by atoms with Gasteiger partial charge in [-0.2, -0.15) is 0 Å². The van der Waals surface area contributed by atoms with Crippen LogP contribution in [0.25, 0.3) is 5.57 Å². The predicted octanol–water partition coefficient (Wildman–Crippen LogP) is 3.66. The summed E-state index contributed by atoms with van der Waals surface area (Å²) in [5.41, 5.74) is 2.70. The molecule has 0 radical (unpaired) electrons. The van der Waals surface area contributed by atoms with E-state index in [2.05, 4.69) is 4.90 Å². The van der Waals surface area contributed by atoms with Crippen LogP contribution in [0.2, 0.25) is 5.02 Å². The van der Waals surface area contributed by atoms with Crippen LogP contribution in [0.5, 0.6) is 5.75 Å². The van der Waals surface area contributed by atoms with Crippen LogP contribution in [0.15, 0.2) is 54.2 Å². The highest BCUT2D eigenvalue weighted by Crippen LogP contribution is 2.35. The van der Waals surface area contributed by atoms with Crippen LogP contribution in [0.4, 0.5) is 5.69 Å². The summed E-state index contributed by atoms with van der Waals surface area (Å²) < 4.78 is 5.50. The average Bonchev–Trinajstić information content (AvgIpc) is 3.04. The highest BCUT2D eigenvalue weighted by atomic mass is 35.5. The van der Waals surface area contributed by atoms with Gasteiger partial charge in [0.15, 0.2) is 0 Å². The Morgan fingerprint density at radius 3 is 2.10 bits per heavy atom. The second kappa shape index (κ2) is 8.63. The first-order valence-electron chi connectivity index (χ1n) is 10.4. The number of carbonyl (C=O) groups excluding carboxylic acids is 2. The van der Waals surface area contributed by atoms with Gasteiger partial charge in [-0.25, -0.2) is 0 Å². The smallest absolute Gasteiger partial charge is 0.278 e. The maximum atomic E-state index is 13.3. The molecule has 2 amide bonds. The molecule has 1 saturated heterocycles. The lowest BCUT2D eigenvalue weighted by atomic mass is 10.0. The minimum atomic E-state index is -0.246. The molecule has 1 fully saturated rings. The maximum Gasteiger partial charge on any atom is 0.278 e. The second-order valence-electron chi connectivity index (χ2n) is 7.95. The van der Waals surface area contributed by atoms with E-state index in [1.807, 2.05) is 43.0 Å². The normalized spacial score (nSPS) is 17.3. The minimum absolute atomic E-state index is 0.213. The van der Waals surface area contributed by atoms with E-state index < -0.39 is 0 Å². The average molecular weight is 440 g/mol. The van der Waals surface area contributed by atoms with Crippen LogP contribution in [0.1, 0.15) is 19.4 Å². The standard InChI is InChI=1S/C24H26ClN3O3/c1-16(2)28-23(29)21(17-8-10-18(25)11-9-17)22(24(28)30)27-14-12-26(13-15-27)19-6-4-5-7-20(19)31-3/h4-11,16H,12-15H2,1-3H3. The Hall–Kier alpha value is -2.99. The van der Waals surface area contributed by atoms with E-state index in [4.69, 9.17) is 16.3 Å². The lowest BCUT2D eigenvalue weighted by Gasteiger charge is -2.38. The topological polar surface area (TPSA) is 53.1 Å². The predicted molar refractivity (Wildman–Crippen MR) is 122 cm³/mol. The fraction of sp³-hybridized carbons (Fsp3) is 0.333. The van der Waals surface area contributed by atoms with Gasteiger partial charge in [-0.15, -0.1) is 0 Å². The van der Waals surface area contributed by atoms with Crippen LogP contribution in [-0.2, 0) is 9.59 Å². The number of imide groups is 1. The Bertz CT molecular complexity index is 1020. The number of methoxy groups -OCH3 is 1. The van der Waals surface area contributed by atoms with Gasteiger partial charge < -0.3 is 14.5 Å². The molecular weight excluding hydrogens is 414 g/mol. The summed E-state index contributed by atoms with van der Waals surface area (Å²) in [6.45, 7) is 6.43. The number of anilines is 1. The minimum Gasteiger partial charge on any atom is -0.495 e. The number of piperazine rings is 1.